The van der Waals surface area contributed by atoms with Gasteiger partial charge < -0.3 is 0 Å². The van der Waals surface area contributed by atoms with Gasteiger partial charge in [0.25, 0.3) is 0 Å². The van der Waals surface area contributed by atoms with Crippen LogP contribution in [-0.4, -0.2) is 24.5 Å². The third-order valence-corrected chi connectivity index (χ3v) is 4.78. The van der Waals surface area contributed by atoms with Crippen molar-refractivity contribution < 1.29 is 0 Å². The van der Waals surface area contributed by atoms with Gasteiger partial charge in [-0.05, 0) is 49.5 Å². The van der Waals surface area contributed by atoms with E-state index >= 15 is 0 Å². The third-order valence-electron chi connectivity index (χ3n) is 4.78. The number of hydrogen-bond acceptors (Lipinski definition) is 1. The van der Waals surface area contributed by atoms with Crippen molar-refractivity contribution in [2.24, 2.45) is 11.8 Å². The Morgan fingerprint density at radius 3 is 2.67 bits per heavy atom. The summed E-state index contributed by atoms with van der Waals surface area (Å²) in [6, 6.07) is 0. The highest BCUT2D eigenvalue weighted by atomic mass is 15.2. The van der Waals surface area contributed by atoms with Crippen molar-refractivity contribution in [1.82, 2.24) is 4.90 Å². The summed E-state index contributed by atoms with van der Waals surface area (Å²) >= 11 is 0. The summed E-state index contributed by atoms with van der Waals surface area (Å²) < 4.78 is 0. The van der Waals surface area contributed by atoms with Crippen LogP contribution in [0.2, 0.25) is 0 Å². The Labute approximate surface area is 111 Å². The normalized spacial score (nSPS) is 31.4. The maximum absolute atomic E-state index is 4.29. The fraction of sp³-hybridized carbons (Fsp3) is 0.647. The van der Waals surface area contributed by atoms with E-state index in [0.29, 0.717) is 0 Å². The summed E-state index contributed by atoms with van der Waals surface area (Å²) in [7, 11) is 0. The average molecular weight is 243 g/mol. The molecular weight excluding hydrogens is 218 g/mol. The van der Waals surface area contributed by atoms with E-state index in [2.05, 4.69) is 29.7 Å². The van der Waals surface area contributed by atoms with E-state index in [-0.39, 0.29) is 0 Å². The van der Waals surface area contributed by atoms with Gasteiger partial charge in [-0.25, -0.2) is 0 Å². The first-order chi connectivity index (χ1) is 8.81. The molecule has 0 radical (unpaired) electrons. The Morgan fingerprint density at radius 1 is 1.22 bits per heavy atom. The minimum absolute atomic E-state index is 1.01. The van der Waals surface area contributed by atoms with Crippen LogP contribution < -0.4 is 0 Å². The molecule has 2 unspecified atom stereocenters. The topological polar surface area (TPSA) is 3.24 Å². The molecule has 2 aliphatic carbocycles. The molecule has 2 fully saturated rings. The molecule has 1 heterocycles. The number of nitrogens with zero attached hydrogens (tertiary/aromatic N) is 1. The first-order valence-electron chi connectivity index (χ1n) is 7.56. The van der Waals surface area contributed by atoms with Crippen LogP contribution in [0.1, 0.15) is 38.5 Å². The van der Waals surface area contributed by atoms with Crippen LogP contribution in [0.4, 0.5) is 0 Å². The van der Waals surface area contributed by atoms with E-state index in [0.717, 1.165) is 24.8 Å². The lowest BCUT2D eigenvalue weighted by Crippen LogP contribution is -2.24. The molecule has 1 saturated heterocycles. The zero-order chi connectivity index (χ0) is 12.4. The number of hydrogen-bond donors (Lipinski definition) is 0. The fourth-order valence-electron chi connectivity index (χ4n) is 3.92. The van der Waals surface area contributed by atoms with Crippen LogP contribution in [0.5, 0.6) is 0 Å². The van der Waals surface area contributed by atoms with Gasteiger partial charge in [0.15, 0.2) is 0 Å². The van der Waals surface area contributed by atoms with Gasteiger partial charge in [0.1, 0.15) is 0 Å². The van der Waals surface area contributed by atoms with Gasteiger partial charge in [-0.2, -0.15) is 0 Å². The fourth-order valence-corrected chi connectivity index (χ4v) is 3.92. The van der Waals surface area contributed by atoms with Crippen LogP contribution in [0.3, 0.4) is 0 Å². The lowest BCUT2D eigenvalue weighted by molar-refractivity contribution is 0.335. The van der Waals surface area contributed by atoms with Crippen molar-refractivity contribution in [1.29, 1.82) is 0 Å². The van der Waals surface area contributed by atoms with Crippen molar-refractivity contribution >= 4 is 0 Å². The van der Waals surface area contributed by atoms with E-state index in [4.69, 9.17) is 0 Å². The zero-order valence-corrected chi connectivity index (χ0v) is 11.4. The van der Waals surface area contributed by atoms with E-state index < -0.39 is 0 Å². The number of rotatable bonds is 4. The molecule has 1 aliphatic heterocycles. The molecule has 3 aliphatic rings. The van der Waals surface area contributed by atoms with Gasteiger partial charge in [0, 0.05) is 19.6 Å². The minimum Gasteiger partial charge on any atom is -0.299 e. The predicted molar refractivity (Wildman–Crippen MR) is 77.5 cm³/mol. The monoisotopic (exact) mass is 243 g/mol. The Hall–Kier alpha value is -0.820. The molecule has 1 nitrogen and oxygen atoms in total. The lowest BCUT2D eigenvalue weighted by atomic mass is 10.0. The number of likely N-dealkylation sites (tertiary alicyclic amines) is 1. The maximum Gasteiger partial charge on any atom is 0.0193 e. The van der Waals surface area contributed by atoms with Gasteiger partial charge in [0.05, 0.1) is 0 Å². The van der Waals surface area contributed by atoms with Gasteiger partial charge in [-0.1, -0.05) is 36.8 Å². The molecule has 18 heavy (non-hydrogen) atoms. The molecule has 0 spiro atoms. The Bertz CT molecular complexity index is 365. The molecule has 1 heteroatoms. The first kappa shape index (κ1) is 12.2. The standard InChI is InChI=1S/C17H25N/c1-14(10-15-6-3-2-4-7-15)11-18-12-16-8-5-9-17(16)13-18/h3,6-7,16-17H,1-2,4-5,8-13H2. The Kier molecular flexibility index (Phi) is 3.69. The quantitative estimate of drug-likeness (QED) is 0.676. The van der Waals surface area contributed by atoms with Crippen molar-refractivity contribution in [3.8, 4) is 0 Å². The molecule has 98 valence electrons. The molecule has 0 aromatic heterocycles. The summed E-state index contributed by atoms with van der Waals surface area (Å²) in [6.45, 7) is 8.08. The van der Waals surface area contributed by atoms with E-state index in [1.54, 1.807) is 0 Å². The highest BCUT2D eigenvalue weighted by Crippen LogP contribution is 2.38. The van der Waals surface area contributed by atoms with Gasteiger partial charge in [-0.3, -0.25) is 4.90 Å². The highest BCUT2D eigenvalue weighted by molar-refractivity contribution is 5.27. The smallest absolute Gasteiger partial charge is 0.0193 e. The number of allylic oxidation sites excluding steroid dienone is 4. The van der Waals surface area contributed by atoms with Crippen molar-refractivity contribution in [3.05, 3.63) is 36.0 Å². The molecule has 0 amide bonds. The second-order valence-electron chi connectivity index (χ2n) is 6.33. The minimum atomic E-state index is 1.01. The summed E-state index contributed by atoms with van der Waals surface area (Å²) in [5.41, 5.74) is 2.87. The van der Waals surface area contributed by atoms with Crippen molar-refractivity contribution in [3.63, 3.8) is 0 Å². The Balaban J connectivity index is 1.47. The van der Waals surface area contributed by atoms with Gasteiger partial charge in [-0.15, -0.1) is 0 Å². The molecule has 0 N–H and O–H groups in total. The van der Waals surface area contributed by atoms with Crippen LogP contribution in [-0.2, 0) is 0 Å². The molecule has 0 aromatic carbocycles. The van der Waals surface area contributed by atoms with Crippen LogP contribution in [0.25, 0.3) is 0 Å². The third kappa shape index (κ3) is 2.77. The molecular formula is C17H25N. The highest BCUT2D eigenvalue weighted by Gasteiger charge is 2.35. The van der Waals surface area contributed by atoms with Crippen LogP contribution >= 0.6 is 0 Å². The molecule has 1 saturated carbocycles. The molecule has 0 bridgehead atoms. The zero-order valence-electron chi connectivity index (χ0n) is 11.4. The second kappa shape index (κ2) is 5.44. The van der Waals surface area contributed by atoms with E-state index in [9.17, 15) is 0 Å². The molecule has 0 aromatic rings. The predicted octanol–water partition coefficient (Wildman–Crippen LogP) is 3.94. The maximum atomic E-state index is 4.29. The van der Waals surface area contributed by atoms with Gasteiger partial charge in [0.2, 0.25) is 0 Å². The largest absolute Gasteiger partial charge is 0.299 e. The Morgan fingerprint density at radius 2 is 2.00 bits per heavy atom. The molecule has 3 rings (SSSR count). The summed E-state index contributed by atoms with van der Waals surface area (Å²) in [5, 5.41) is 0. The first-order valence-corrected chi connectivity index (χ1v) is 7.56. The summed E-state index contributed by atoms with van der Waals surface area (Å²) in [5.74, 6) is 2.01. The van der Waals surface area contributed by atoms with E-state index in [1.807, 2.05) is 0 Å². The summed E-state index contributed by atoms with van der Waals surface area (Å²) in [4.78, 5) is 2.64. The average Bonchev–Trinajstić information content (AvgIpc) is 2.90. The SMILES string of the molecule is C=C(CC1=CCCC=C1)CN1CC2CCCC2C1. The lowest BCUT2D eigenvalue weighted by Gasteiger charge is -2.19. The number of fused-ring (bicyclic) bond motifs is 1. The van der Waals surface area contributed by atoms with Gasteiger partial charge >= 0.3 is 0 Å². The van der Waals surface area contributed by atoms with Crippen molar-refractivity contribution in [2.75, 3.05) is 19.6 Å². The van der Waals surface area contributed by atoms with E-state index in [1.165, 1.54) is 56.3 Å². The second-order valence-corrected chi connectivity index (χ2v) is 6.33. The van der Waals surface area contributed by atoms with Crippen molar-refractivity contribution in [2.45, 2.75) is 38.5 Å². The van der Waals surface area contributed by atoms with Crippen LogP contribution in [0, 0.1) is 11.8 Å². The molecule has 2 atom stereocenters. The summed E-state index contributed by atoms with van der Waals surface area (Å²) in [6.07, 6.45) is 14.9. The van der Waals surface area contributed by atoms with Crippen LogP contribution in [0.15, 0.2) is 36.0 Å².